The van der Waals surface area contributed by atoms with Gasteiger partial charge in [0.25, 0.3) is 0 Å². The van der Waals surface area contributed by atoms with Crippen molar-refractivity contribution in [1.82, 2.24) is 25.2 Å². The fraction of sp³-hybridized carbons (Fsp3) is 0.414. The predicted octanol–water partition coefficient (Wildman–Crippen LogP) is 5.00. The number of nitrogens with one attached hydrogen (secondary N) is 1. The number of halogens is 3. The zero-order chi connectivity index (χ0) is 26.6. The van der Waals surface area contributed by atoms with Crippen molar-refractivity contribution >= 4 is 39.1 Å². The summed E-state index contributed by atoms with van der Waals surface area (Å²) in [6.45, 7) is 4.60. The Hall–Kier alpha value is -3.14. The number of piperazine rings is 1. The number of aromatic nitrogens is 3. The summed E-state index contributed by atoms with van der Waals surface area (Å²) in [5, 5.41) is 6.04. The van der Waals surface area contributed by atoms with E-state index in [4.69, 9.17) is 21.3 Å². The van der Waals surface area contributed by atoms with Gasteiger partial charge in [-0.1, -0.05) is 41.9 Å². The van der Waals surface area contributed by atoms with Crippen LogP contribution in [0.3, 0.4) is 0 Å². The zero-order valence-corrected chi connectivity index (χ0v) is 22.2. The topological polar surface area (TPSA) is 66.4 Å². The molecule has 3 aliphatic heterocycles. The Morgan fingerprint density at radius 1 is 1.10 bits per heavy atom. The molecule has 0 aliphatic carbocycles. The van der Waals surface area contributed by atoms with E-state index in [-0.39, 0.29) is 29.4 Å². The van der Waals surface area contributed by atoms with Crippen molar-refractivity contribution < 1.29 is 13.5 Å². The molecular weight excluding hydrogens is 522 g/mol. The number of ether oxygens (including phenoxy) is 1. The summed E-state index contributed by atoms with van der Waals surface area (Å²) in [7, 11) is 0. The van der Waals surface area contributed by atoms with E-state index in [1.165, 1.54) is 0 Å². The van der Waals surface area contributed by atoms with E-state index < -0.39 is 12.0 Å². The van der Waals surface area contributed by atoms with Crippen molar-refractivity contribution in [2.24, 2.45) is 0 Å². The zero-order valence-electron chi connectivity index (χ0n) is 21.5. The number of alkyl halides is 1. The van der Waals surface area contributed by atoms with Gasteiger partial charge in [-0.05, 0) is 30.8 Å². The summed E-state index contributed by atoms with van der Waals surface area (Å²) in [4.78, 5) is 18.2. The minimum absolute atomic E-state index is 0.103. The lowest BCUT2D eigenvalue weighted by Crippen LogP contribution is -2.44. The number of benzene rings is 2. The summed E-state index contributed by atoms with van der Waals surface area (Å²) in [6, 6.07) is 11.3. The SMILES string of the molecule is Fc1c(-c2cccc3cccc(Cl)c23)ncc2c(N3CCNCC3)nc(OC[C@@]34CCCN3C[C@H](F)C4)nc12. The van der Waals surface area contributed by atoms with Gasteiger partial charge in [-0.15, -0.1) is 0 Å². The van der Waals surface area contributed by atoms with Crippen LogP contribution in [-0.2, 0) is 0 Å². The van der Waals surface area contributed by atoms with Crippen molar-refractivity contribution in [1.29, 1.82) is 0 Å². The molecule has 5 heterocycles. The summed E-state index contributed by atoms with van der Waals surface area (Å²) >= 11 is 6.55. The number of hydrogen-bond donors (Lipinski definition) is 1. The van der Waals surface area contributed by atoms with Gasteiger partial charge >= 0.3 is 6.01 Å². The Balaban J connectivity index is 1.34. The molecule has 3 fully saturated rings. The van der Waals surface area contributed by atoms with Crippen molar-refractivity contribution in [3.05, 3.63) is 53.4 Å². The van der Waals surface area contributed by atoms with Crippen molar-refractivity contribution in [2.45, 2.75) is 31.0 Å². The summed E-state index contributed by atoms with van der Waals surface area (Å²) in [6.07, 6.45) is 3.11. The maximum absolute atomic E-state index is 16.4. The fourth-order valence-corrected chi connectivity index (χ4v) is 6.82. The van der Waals surface area contributed by atoms with Crippen LogP contribution in [0.15, 0.2) is 42.6 Å². The number of rotatable bonds is 5. The molecule has 4 aromatic rings. The summed E-state index contributed by atoms with van der Waals surface area (Å²) < 4.78 is 36.9. The Labute approximate surface area is 230 Å². The molecule has 0 amide bonds. The first kappa shape index (κ1) is 24.9. The molecule has 3 saturated heterocycles. The van der Waals surface area contributed by atoms with Crippen molar-refractivity contribution in [2.75, 3.05) is 50.8 Å². The molecule has 0 radical (unpaired) electrons. The lowest BCUT2D eigenvalue weighted by atomic mass is 9.95. The Morgan fingerprint density at radius 2 is 1.92 bits per heavy atom. The molecule has 7 nitrogen and oxygen atoms in total. The van der Waals surface area contributed by atoms with Crippen LogP contribution < -0.4 is 15.0 Å². The molecule has 202 valence electrons. The average Bonchev–Trinajstić information content (AvgIpc) is 3.48. The van der Waals surface area contributed by atoms with E-state index >= 15 is 4.39 Å². The van der Waals surface area contributed by atoms with E-state index in [0.717, 1.165) is 56.3 Å². The average molecular weight is 551 g/mol. The van der Waals surface area contributed by atoms with Gasteiger partial charge in [0, 0.05) is 61.3 Å². The Kier molecular flexibility index (Phi) is 6.25. The number of anilines is 1. The molecule has 2 aromatic heterocycles. The normalized spacial score (nSPS) is 23.6. The molecule has 0 unspecified atom stereocenters. The molecule has 3 aliphatic rings. The van der Waals surface area contributed by atoms with Gasteiger partial charge < -0.3 is 15.0 Å². The molecule has 2 atom stereocenters. The molecule has 0 saturated carbocycles. The minimum atomic E-state index is -0.860. The predicted molar refractivity (Wildman–Crippen MR) is 149 cm³/mol. The number of hydrogen-bond acceptors (Lipinski definition) is 7. The third-order valence-electron chi connectivity index (χ3n) is 8.40. The third kappa shape index (κ3) is 4.27. The standard InChI is InChI=1S/C29H29ClF2N6O/c30-22-7-2-5-18-4-1-6-20(23(18)22)25-24(32)26-21(15-34-25)27(37-12-9-33-10-13-37)36-28(35-26)39-17-29-8-3-11-38(29)16-19(31)14-29/h1-2,4-7,15,19,33H,3,8-14,16-17H2/t19-,29+/m1/s1. The first-order valence-corrected chi connectivity index (χ1v) is 13.9. The second kappa shape index (κ2) is 9.80. The van der Waals surface area contributed by atoms with E-state index in [9.17, 15) is 4.39 Å². The first-order valence-electron chi connectivity index (χ1n) is 13.5. The largest absolute Gasteiger partial charge is 0.461 e. The van der Waals surface area contributed by atoms with Gasteiger partial charge in [0.2, 0.25) is 0 Å². The van der Waals surface area contributed by atoms with Crippen LogP contribution in [-0.4, -0.2) is 77.4 Å². The van der Waals surface area contributed by atoms with E-state index in [1.54, 1.807) is 12.3 Å². The molecule has 2 aromatic carbocycles. The Morgan fingerprint density at radius 3 is 2.77 bits per heavy atom. The minimum Gasteiger partial charge on any atom is -0.461 e. The molecule has 0 spiro atoms. The van der Waals surface area contributed by atoms with Crippen molar-refractivity contribution in [3.63, 3.8) is 0 Å². The van der Waals surface area contributed by atoms with Crippen LogP contribution in [0.1, 0.15) is 19.3 Å². The lowest BCUT2D eigenvalue weighted by molar-refractivity contribution is 0.107. The van der Waals surface area contributed by atoms with Crippen LogP contribution >= 0.6 is 11.6 Å². The lowest BCUT2D eigenvalue weighted by Gasteiger charge is -2.31. The van der Waals surface area contributed by atoms with Crippen LogP contribution in [0, 0.1) is 5.82 Å². The van der Waals surface area contributed by atoms with Crippen LogP contribution in [0.2, 0.25) is 5.02 Å². The highest BCUT2D eigenvalue weighted by atomic mass is 35.5. The van der Waals surface area contributed by atoms with Crippen LogP contribution in [0.4, 0.5) is 14.6 Å². The number of pyridine rings is 1. The molecule has 39 heavy (non-hydrogen) atoms. The van der Waals surface area contributed by atoms with Gasteiger partial charge in [0.15, 0.2) is 5.82 Å². The van der Waals surface area contributed by atoms with E-state index in [1.807, 2.05) is 30.3 Å². The second-order valence-corrected chi connectivity index (χ2v) is 11.2. The Bertz CT molecular complexity index is 1560. The quantitative estimate of drug-likeness (QED) is 0.375. The fourth-order valence-electron chi connectivity index (χ4n) is 6.53. The highest BCUT2D eigenvalue weighted by molar-refractivity contribution is 6.36. The molecule has 0 bridgehead atoms. The number of nitrogens with zero attached hydrogens (tertiary/aromatic N) is 5. The smallest absolute Gasteiger partial charge is 0.319 e. The van der Waals surface area contributed by atoms with E-state index in [0.29, 0.717) is 34.8 Å². The van der Waals surface area contributed by atoms with Gasteiger partial charge in [0.1, 0.15) is 29.8 Å². The summed E-state index contributed by atoms with van der Waals surface area (Å²) in [5.74, 6) is 0.0508. The van der Waals surface area contributed by atoms with Gasteiger partial charge in [-0.3, -0.25) is 9.88 Å². The summed E-state index contributed by atoms with van der Waals surface area (Å²) in [5.41, 5.74) is 0.573. The highest BCUT2D eigenvalue weighted by Gasteiger charge is 2.49. The van der Waals surface area contributed by atoms with Gasteiger partial charge in [0.05, 0.1) is 10.9 Å². The maximum atomic E-state index is 16.4. The number of fused-ring (bicyclic) bond motifs is 3. The van der Waals surface area contributed by atoms with Crippen LogP contribution in [0.25, 0.3) is 32.9 Å². The van der Waals surface area contributed by atoms with Crippen molar-refractivity contribution in [3.8, 4) is 17.3 Å². The van der Waals surface area contributed by atoms with E-state index in [2.05, 4.69) is 25.1 Å². The molecular formula is C29H29ClF2N6O. The monoisotopic (exact) mass is 550 g/mol. The van der Waals surface area contributed by atoms with Gasteiger partial charge in [-0.2, -0.15) is 9.97 Å². The third-order valence-corrected chi connectivity index (χ3v) is 8.71. The first-order chi connectivity index (χ1) is 19.0. The van der Waals surface area contributed by atoms with Gasteiger partial charge in [-0.25, -0.2) is 8.78 Å². The highest BCUT2D eigenvalue weighted by Crippen LogP contribution is 2.41. The second-order valence-electron chi connectivity index (χ2n) is 10.8. The maximum Gasteiger partial charge on any atom is 0.319 e. The molecule has 1 N–H and O–H groups in total. The molecule has 7 rings (SSSR count). The molecule has 10 heteroatoms. The van der Waals surface area contributed by atoms with Crippen LogP contribution in [0.5, 0.6) is 6.01 Å².